The number of nitrogens with one attached hydrogen (secondary N) is 1. The Balaban J connectivity index is 2.95. The van der Waals surface area contributed by atoms with E-state index in [1.54, 1.807) is 18.2 Å². The van der Waals surface area contributed by atoms with Gasteiger partial charge in [0.05, 0.1) is 24.1 Å². The molecule has 0 radical (unpaired) electrons. The molecule has 24 heavy (non-hydrogen) atoms. The van der Waals surface area contributed by atoms with E-state index >= 15 is 0 Å². The van der Waals surface area contributed by atoms with Gasteiger partial charge in [-0.05, 0) is 45.7 Å². The van der Waals surface area contributed by atoms with Crippen LogP contribution in [0.15, 0.2) is 0 Å². The Morgan fingerprint density at radius 3 is 2.67 bits per heavy atom. The number of anilines is 2. The highest BCUT2D eigenvalue weighted by Crippen LogP contribution is 2.23. The molecule has 1 aromatic heterocycles. The highest BCUT2D eigenvalue weighted by Gasteiger charge is 2.22. The van der Waals surface area contributed by atoms with E-state index in [-0.39, 0.29) is 23.3 Å². The second kappa shape index (κ2) is 8.89. The van der Waals surface area contributed by atoms with E-state index in [1.807, 2.05) is 20.8 Å². The second-order valence-corrected chi connectivity index (χ2v) is 6.76. The lowest BCUT2D eigenvalue weighted by atomic mass is 10.1. The molecule has 10 heteroatoms. The van der Waals surface area contributed by atoms with Gasteiger partial charge in [-0.15, -0.1) is 0 Å². The van der Waals surface area contributed by atoms with Gasteiger partial charge in [-0.2, -0.15) is 20.2 Å². The summed E-state index contributed by atoms with van der Waals surface area (Å²) >= 11 is 6.78. The van der Waals surface area contributed by atoms with E-state index < -0.39 is 10.8 Å². The number of carbonyl (C=O) groups excluding carboxylic acids is 1. The van der Waals surface area contributed by atoms with Gasteiger partial charge in [0.25, 0.3) is 0 Å². The topological polar surface area (TPSA) is 104 Å². The number of ether oxygens (including phenoxy) is 1. The summed E-state index contributed by atoms with van der Waals surface area (Å²) in [6, 6.07) is 2.08. The number of hydrogen-bond acceptors (Lipinski definition) is 9. The first-order valence-corrected chi connectivity index (χ1v) is 8.63. The molecule has 0 aliphatic heterocycles. The van der Waals surface area contributed by atoms with Gasteiger partial charge in [0, 0.05) is 6.54 Å². The maximum absolute atomic E-state index is 11.9. The molecule has 0 fully saturated rings. The average Bonchev–Trinajstić information content (AvgIpc) is 2.51. The summed E-state index contributed by atoms with van der Waals surface area (Å²) in [5.74, 6) is 0.366. The summed E-state index contributed by atoms with van der Waals surface area (Å²) in [5.41, 5.74) is -0.873. The van der Waals surface area contributed by atoms with Crippen LogP contribution in [0.5, 0.6) is 0 Å². The first kappa shape index (κ1) is 20.3. The van der Waals surface area contributed by atoms with Crippen molar-refractivity contribution in [3.63, 3.8) is 0 Å². The zero-order valence-corrected chi connectivity index (χ0v) is 15.9. The molecule has 0 aliphatic carbocycles. The van der Waals surface area contributed by atoms with Crippen LogP contribution in [0.1, 0.15) is 41.0 Å². The van der Waals surface area contributed by atoms with Gasteiger partial charge in [-0.25, -0.2) is 4.79 Å². The maximum Gasteiger partial charge on any atom is 0.388 e. The van der Waals surface area contributed by atoms with Crippen LogP contribution in [0.2, 0.25) is 5.28 Å². The molecule has 0 bridgehead atoms. The molecule has 0 aromatic carbocycles. The Morgan fingerprint density at radius 2 is 2.12 bits per heavy atom. The quantitative estimate of drug-likeness (QED) is 0.567. The number of aromatic nitrogens is 3. The van der Waals surface area contributed by atoms with E-state index in [1.165, 1.54) is 0 Å². The summed E-state index contributed by atoms with van der Waals surface area (Å²) in [6.07, 6.45) is 0.562. The number of rotatable bonds is 7. The van der Waals surface area contributed by atoms with Gasteiger partial charge >= 0.3 is 5.30 Å². The van der Waals surface area contributed by atoms with Crippen molar-refractivity contribution in [1.29, 1.82) is 5.26 Å². The predicted octanol–water partition coefficient (Wildman–Crippen LogP) is 3.65. The smallest absolute Gasteiger partial charge is 0.388 e. The van der Waals surface area contributed by atoms with Crippen LogP contribution in [0.25, 0.3) is 0 Å². The standard InChI is InChI=1S/C14H21ClN6O2S/c1-6-9(3)23-13(22)24-21(7-2)12-18-10(15)17-11(19-12)20-14(4,5)8-16/h9H,6-7H2,1-5H3,(H,17,18,19,20). The van der Waals surface area contributed by atoms with Crippen molar-refractivity contribution < 1.29 is 9.53 Å². The molecule has 0 saturated carbocycles. The van der Waals surface area contributed by atoms with Gasteiger partial charge in [0.1, 0.15) is 5.54 Å². The zero-order valence-electron chi connectivity index (χ0n) is 14.3. The van der Waals surface area contributed by atoms with E-state index in [2.05, 4.69) is 26.3 Å². The fourth-order valence-corrected chi connectivity index (χ4v) is 2.26. The minimum absolute atomic E-state index is 0.0365. The van der Waals surface area contributed by atoms with Crippen LogP contribution in [0.3, 0.4) is 0 Å². The Kier molecular flexibility index (Phi) is 7.51. The van der Waals surface area contributed by atoms with Gasteiger partial charge in [-0.3, -0.25) is 4.31 Å². The molecule has 1 N–H and O–H groups in total. The molecule has 0 amide bonds. The van der Waals surface area contributed by atoms with Gasteiger partial charge < -0.3 is 10.1 Å². The average molecular weight is 373 g/mol. The van der Waals surface area contributed by atoms with Crippen molar-refractivity contribution in [2.24, 2.45) is 0 Å². The number of nitrogens with zero attached hydrogens (tertiary/aromatic N) is 5. The summed E-state index contributed by atoms with van der Waals surface area (Å²) in [5, 5.41) is 11.5. The Labute approximate surface area is 151 Å². The van der Waals surface area contributed by atoms with Crippen LogP contribution in [-0.4, -0.2) is 38.4 Å². The molecule has 1 unspecified atom stereocenters. The predicted molar refractivity (Wildman–Crippen MR) is 95.0 cm³/mol. The molecule has 132 valence electrons. The normalized spacial score (nSPS) is 12.2. The monoisotopic (exact) mass is 372 g/mol. The lowest BCUT2D eigenvalue weighted by molar-refractivity contribution is 0.131. The Morgan fingerprint density at radius 1 is 1.46 bits per heavy atom. The molecule has 1 atom stereocenters. The highest BCUT2D eigenvalue weighted by atomic mass is 35.5. The summed E-state index contributed by atoms with van der Waals surface area (Å²) in [7, 11) is 0. The van der Waals surface area contributed by atoms with Gasteiger partial charge in [-0.1, -0.05) is 6.92 Å². The summed E-state index contributed by atoms with van der Waals surface area (Å²) in [6.45, 7) is 9.40. The van der Waals surface area contributed by atoms with E-state index in [4.69, 9.17) is 21.6 Å². The third-order valence-electron chi connectivity index (χ3n) is 2.87. The fourth-order valence-electron chi connectivity index (χ4n) is 1.42. The molecular weight excluding hydrogens is 352 g/mol. The van der Waals surface area contributed by atoms with Crippen LogP contribution in [0.4, 0.5) is 16.7 Å². The maximum atomic E-state index is 11.9. The van der Waals surface area contributed by atoms with Crippen LogP contribution >= 0.6 is 23.5 Å². The van der Waals surface area contributed by atoms with Crippen molar-refractivity contribution in [2.45, 2.75) is 52.7 Å². The lowest BCUT2D eigenvalue weighted by Gasteiger charge is -2.21. The first-order chi connectivity index (χ1) is 11.2. The molecule has 1 heterocycles. The Bertz CT molecular complexity index is 622. The minimum Gasteiger partial charge on any atom is -0.453 e. The summed E-state index contributed by atoms with van der Waals surface area (Å²) < 4.78 is 6.78. The van der Waals surface area contributed by atoms with Gasteiger partial charge in [0.2, 0.25) is 17.2 Å². The van der Waals surface area contributed by atoms with E-state index in [0.29, 0.717) is 6.54 Å². The van der Waals surface area contributed by atoms with Crippen molar-refractivity contribution in [3.05, 3.63) is 5.28 Å². The second-order valence-electron chi connectivity index (χ2n) is 5.46. The third-order valence-corrected chi connectivity index (χ3v) is 3.92. The third kappa shape index (κ3) is 6.37. The lowest BCUT2D eigenvalue weighted by Crippen LogP contribution is -2.30. The fraction of sp³-hybridized carbons (Fsp3) is 0.643. The molecule has 1 rings (SSSR count). The molecular formula is C14H21ClN6O2S. The van der Waals surface area contributed by atoms with Crippen LogP contribution in [-0.2, 0) is 4.74 Å². The molecule has 0 aliphatic rings. The zero-order chi connectivity index (χ0) is 18.3. The van der Waals surface area contributed by atoms with Gasteiger partial charge in [0.15, 0.2) is 0 Å². The number of carbonyl (C=O) groups is 1. The largest absolute Gasteiger partial charge is 0.453 e. The number of nitriles is 1. The van der Waals surface area contributed by atoms with Crippen molar-refractivity contribution >= 4 is 40.7 Å². The van der Waals surface area contributed by atoms with Crippen molar-refractivity contribution in [2.75, 3.05) is 16.2 Å². The van der Waals surface area contributed by atoms with E-state index in [9.17, 15) is 4.79 Å². The number of hydrogen-bond donors (Lipinski definition) is 1. The van der Waals surface area contributed by atoms with E-state index in [0.717, 1.165) is 18.4 Å². The van der Waals surface area contributed by atoms with Crippen molar-refractivity contribution in [3.8, 4) is 6.07 Å². The first-order valence-electron chi connectivity index (χ1n) is 7.47. The highest BCUT2D eigenvalue weighted by molar-refractivity contribution is 8.14. The molecule has 0 spiro atoms. The molecule has 0 saturated heterocycles. The number of halogens is 1. The van der Waals surface area contributed by atoms with Crippen molar-refractivity contribution in [1.82, 2.24) is 15.0 Å². The van der Waals surface area contributed by atoms with Crippen LogP contribution in [0, 0.1) is 11.3 Å². The minimum atomic E-state index is -0.873. The molecule has 1 aromatic rings. The SMILES string of the molecule is CCC(C)OC(=O)SN(CC)c1nc(Cl)nc(NC(C)(C)C#N)n1. The molecule has 8 nitrogen and oxygen atoms in total. The van der Waals surface area contributed by atoms with Crippen LogP contribution < -0.4 is 9.62 Å². The Hall–Kier alpha value is -1.79. The summed E-state index contributed by atoms with van der Waals surface area (Å²) in [4.78, 5) is 24.1.